The minimum absolute atomic E-state index is 0.0757. The fourth-order valence-corrected chi connectivity index (χ4v) is 3.89. The van der Waals surface area contributed by atoms with Crippen molar-refractivity contribution in [3.8, 4) is 11.1 Å². The van der Waals surface area contributed by atoms with Crippen LogP contribution in [-0.2, 0) is 4.79 Å². The van der Waals surface area contributed by atoms with Gasteiger partial charge in [0.25, 0.3) is 0 Å². The third-order valence-corrected chi connectivity index (χ3v) is 5.45. The minimum atomic E-state index is -1.25. The molecule has 0 aromatic heterocycles. The summed E-state index contributed by atoms with van der Waals surface area (Å²) in [6.45, 7) is 0. The number of carbonyl (C=O) groups is 3. The highest BCUT2D eigenvalue weighted by Gasteiger charge is 2.34. The van der Waals surface area contributed by atoms with Crippen molar-refractivity contribution in [2.75, 3.05) is 10.7 Å². The predicted molar refractivity (Wildman–Crippen MR) is 102 cm³/mol. The largest absolute Gasteiger partial charge is 0.385 e. The average molecular weight is 466 g/mol. The summed E-state index contributed by atoms with van der Waals surface area (Å²) in [5.41, 5.74) is 4.22. The Balaban J connectivity index is 2.19. The molecule has 1 aliphatic carbocycles. The SMILES string of the molecule is O=CC(O)C1c2cc(C(=O)CBr)ccc2-c2ccc(C(=O)CBr)cc21. The number of rotatable bonds is 6. The van der Waals surface area contributed by atoms with Crippen LogP contribution in [0.3, 0.4) is 0 Å². The molecule has 0 spiro atoms. The molecule has 0 fully saturated rings. The quantitative estimate of drug-likeness (QED) is 0.402. The molecular formula is C19H14Br2O4. The first-order valence-corrected chi connectivity index (χ1v) is 9.86. The molecule has 0 aliphatic heterocycles. The molecule has 0 amide bonds. The maximum Gasteiger partial charge on any atom is 0.173 e. The highest BCUT2D eigenvalue weighted by molar-refractivity contribution is 9.09. The Hall–Kier alpha value is -1.63. The monoisotopic (exact) mass is 464 g/mol. The average Bonchev–Trinajstić information content (AvgIpc) is 2.98. The van der Waals surface area contributed by atoms with Gasteiger partial charge >= 0.3 is 0 Å². The van der Waals surface area contributed by atoms with E-state index in [0.717, 1.165) is 22.3 Å². The molecule has 6 heteroatoms. The Bertz CT molecular complexity index is 810. The molecule has 2 aromatic carbocycles. The number of hydrogen-bond donors (Lipinski definition) is 1. The summed E-state index contributed by atoms with van der Waals surface area (Å²) < 4.78 is 0. The van der Waals surface area contributed by atoms with Crippen molar-refractivity contribution < 1.29 is 19.5 Å². The molecule has 4 nitrogen and oxygen atoms in total. The van der Waals surface area contributed by atoms with Crippen molar-refractivity contribution in [1.29, 1.82) is 0 Å². The molecule has 0 bridgehead atoms. The fourth-order valence-electron chi connectivity index (χ4n) is 3.25. The van der Waals surface area contributed by atoms with Gasteiger partial charge in [0.15, 0.2) is 11.6 Å². The van der Waals surface area contributed by atoms with Crippen LogP contribution in [0.5, 0.6) is 0 Å². The lowest BCUT2D eigenvalue weighted by Gasteiger charge is -2.16. The Morgan fingerprint density at radius 3 is 1.76 bits per heavy atom. The molecule has 1 unspecified atom stereocenters. The number of aldehydes is 1. The standard InChI is InChI=1S/C19H14Br2O4/c20-7-16(23)10-1-3-12-13-4-2-11(17(24)8-21)6-15(13)19(14(12)5-10)18(25)9-22/h1-6,9,18-19,25H,7-8H2. The molecule has 128 valence electrons. The van der Waals surface area contributed by atoms with Gasteiger partial charge in [-0.2, -0.15) is 0 Å². The molecular weight excluding hydrogens is 452 g/mol. The zero-order valence-corrected chi connectivity index (χ0v) is 16.2. The summed E-state index contributed by atoms with van der Waals surface area (Å²) in [5.74, 6) is -0.741. The van der Waals surface area contributed by atoms with Gasteiger partial charge in [-0.1, -0.05) is 56.1 Å². The summed E-state index contributed by atoms with van der Waals surface area (Å²) in [5, 5.41) is 10.7. The number of Topliss-reactive ketones (excluding diaryl/α,β-unsaturated/α-hetero) is 2. The topological polar surface area (TPSA) is 71.4 Å². The maximum atomic E-state index is 12.0. The summed E-state index contributed by atoms with van der Waals surface area (Å²) in [4.78, 5) is 35.2. The van der Waals surface area contributed by atoms with Gasteiger partial charge in [-0.05, 0) is 34.4 Å². The number of aliphatic hydroxyl groups excluding tert-OH is 1. The number of hydrogen-bond acceptors (Lipinski definition) is 4. The lowest BCUT2D eigenvalue weighted by atomic mass is 9.90. The van der Waals surface area contributed by atoms with Crippen LogP contribution in [0.4, 0.5) is 0 Å². The molecule has 3 rings (SSSR count). The molecule has 1 N–H and O–H groups in total. The Morgan fingerprint density at radius 2 is 1.40 bits per heavy atom. The number of benzene rings is 2. The first-order chi connectivity index (χ1) is 12.0. The molecule has 1 aliphatic rings. The molecule has 25 heavy (non-hydrogen) atoms. The molecule has 0 saturated heterocycles. The second-order valence-corrected chi connectivity index (χ2v) is 6.94. The van der Waals surface area contributed by atoms with E-state index in [9.17, 15) is 19.5 Å². The van der Waals surface area contributed by atoms with Gasteiger partial charge in [-0.25, -0.2) is 0 Å². The first-order valence-electron chi connectivity index (χ1n) is 7.61. The van der Waals surface area contributed by atoms with E-state index in [1.54, 1.807) is 24.3 Å². The number of halogens is 2. The van der Waals surface area contributed by atoms with E-state index in [0.29, 0.717) is 17.4 Å². The van der Waals surface area contributed by atoms with Crippen molar-refractivity contribution >= 4 is 49.7 Å². The van der Waals surface area contributed by atoms with Gasteiger partial charge in [-0.15, -0.1) is 0 Å². The smallest absolute Gasteiger partial charge is 0.173 e. The number of aliphatic hydroxyl groups is 1. The van der Waals surface area contributed by atoms with Crippen LogP contribution in [0, 0.1) is 0 Å². The van der Waals surface area contributed by atoms with Crippen LogP contribution in [0.2, 0.25) is 0 Å². The van der Waals surface area contributed by atoms with E-state index in [1.807, 2.05) is 12.1 Å². The summed E-state index contributed by atoms with van der Waals surface area (Å²) in [6.07, 6.45) is -0.759. The second kappa shape index (κ2) is 7.32. The van der Waals surface area contributed by atoms with Crippen LogP contribution < -0.4 is 0 Å². The van der Waals surface area contributed by atoms with E-state index in [-0.39, 0.29) is 22.2 Å². The second-order valence-electron chi connectivity index (χ2n) is 5.82. The summed E-state index contributed by atoms with van der Waals surface area (Å²) >= 11 is 6.31. The minimum Gasteiger partial charge on any atom is -0.385 e. The van der Waals surface area contributed by atoms with E-state index in [4.69, 9.17) is 0 Å². The lowest BCUT2D eigenvalue weighted by molar-refractivity contribution is -0.115. The van der Waals surface area contributed by atoms with Gasteiger partial charge in [0.05, 0.1) is 10.7 Å². The Morgan fingerprint density at radius 1 is 0.960 bits per heavy atom. The predicted octanol–water partition coefficient (Wildman–Crippen LogP) is 3.51. The number of carbonyl (C=O) groups excluding carboxylic acids is 3. The molecule has 1 atom stereocenters. The molecule has 2 aromatic rings. The number of alkyl halides is 2. The third-order valence-electron chi connectivity index (χ3n) is 4.43. The first kappa shape index (κ1) is 18.2. The molecule has 0 saturated carbocycles. The van der Waals surface area contributed by atoms with Gasteiger partial charge in [0.1, 0.15) is 12.4 Å². The maximum absolute atomic E-state index is 12.0. The van der Waals surface area contributed by atoms with E-state index in [1.165, 1.54) is 0 Å². The summed E-state index contributed by atoms with van der Waals surface area (Å²) in [6, 6.07) is 10.6. The van der Waals surface area contributed by atoms with Crippen molar-refractivity contribution in [1.82, 2.24) is 0 Å². The van der Waals surface area contributed by atoms with Gasteiger partial charge in [-0.3, -0.25) is 9.59 Å². The van der Waals surface area contributed by atoms with Crippen LogP contribution in [0.15, 0.2) is 36.4 Å². The van der Waals surface area contributed by atoms with Crippen LogP contribution >= 0.6 is 31.9 Å². The van der Waals surface area contributed by atoms with Crippen molar-refractivity contribution in [2.45, 2.75) is 12.0 Å². The molecule has 0 heterocycles. The zero-order valence-electron chi connectivity index (χ0n) is 13.0. The van der Waals surface area contributed by atoms with E-state index < -0.39 is 12.0 Å². The van der Waals surface area contributed by atoms with Crippen molar-refractivity contribution in [3.05, 3.63) is 58.7 Å². The van der Waals surface area contributed by atoms with E-state index >= 15 is 0 Å². The Labute approximate surface area is 161 Å². The lowest BCUT2D eigenvalue weighted by Crippen LogP contribution is -2.19. The van der Waals surface area contributed by atoms with Gasteiger partial charge < -0.3 is 9.90 Å². The number of fused-ring (bicyclic) bond motifs is 3. The summed E-state index contributed by atoms with van der Waals surface area (Å²) in [7, 11) is 0. The highest BCUT2D eigenvalue weighted by Crippen LogP contribution is 2.46. The normalized spacial score (nSPS) is 13.9. The van der Waals surface area contributed by atoms with Crippen LogP contribution in [-0.4, -0.2) is 39.7 Å². The molecule has 0 radical (unpaired) electrons. The number of ketones is 2. The van der Waals surface area contributed by atoms with E-state index in [2.05, 4.69) is 31.9 Å². The fraction of sp³-hybridized carbons (Fsp3) is 0.211. The van der Waals surface area contributed by atoms with Gasteiger partial charge in [0.2, 0.25) is 0 Å². The van der Waals surface area contributed by atoms with Crippen molar-refractivity contribution in [2.24, 2.45) is 0 Å². The Kier molecular flexibility index (Phi) is 5.32. The zero-order chi connectivity index (χ0) is 18.1. The highest BCUT2D eigenvalue weighted by atomic mass is 79.9. The van der Waals surface area contributed by atoms with Crippen molar-refractivity contribution in [3.63, 3.8) is 0 Å². The van der Waals surface area contributed by atoms with Crippen LogP contribution in [0.1, 0.15) is 37.8 Å². The van der Waals surface area contributed by atoms with Gasteiger partial charge in [0, 0.05) is 17.0 Å². The third kappa shape index (κ3) is 3.14. The van der Waals surface area contributed by atoms with Crippen LogP contribution in [0.25, 0.3) is 11.1 Å².